The molecule has 0 saturated heterocycles. The van der Waals surface area contributed by atoms with Gasteiger partial charge < -0.3 is 15.4 Å². The first kappa shape index (κ1) is 13.5. The van der Waals surface area contributed by atoms with Crippen LogP contribution in [0.3, 0.4) is 0 Å². The third kappa shape index (κ3) is 3.46. The standard InChI is InChI=1S/C12H24N2O2/c1-4-9(2)11(13)12(15)14(7-8-16-3)10-5-6-10/h9-11H,4-8,13H2,1-3H3. The minimum Gasteiger partial charge on any atom is -0.383 e. The number of rotatable bonds is 7. The van der Waals surface area contributed by atoms with E-state index in [1.165, 1.54) is 0 Å². The fourth-order valence-corrected chi connectivity index (χ4v) is 1.74. The second-order valence-electron chi connectivity index (χ2n) is 4.67. The molecule has 4 nitrogen and oxygen atoms in total. The summed E-state index contributed by atoms with van der Waals surface area (Å²) in [6.07, 6.45) is 3.17. The first-order chi connectivity index (χ1) is 7.61. The highest BCUT2D eigenvalue weighted by Gasteiger charge is 2.35. The van der Waals surface area contributed by atoms with Crippen molar-refractivity contribution in [1.82, 2.24) is 4.90 Å². The van der Waals surface area contributed by atoms with E-state index >= 15 is 0 Å². The maximum absolute atomic E-state index is 12.2. The summed E-state index contributed by atoms with van der Waals surface area (Å²) in [5, 5.41) is 0. The van der Waals surface area contributed by atoms with Gasteiger partial charge in [-0.2, -0.15) is 0 Å². The van der Waals surface area contributed by atoms with Gasteiger partial charge in [0.1, 0.15) is 0 Å². The monoisotopic (exact) mass is 228 g/mol. The Morgan fingerprint density at radius 1 is 1.56 bits per heavy atom. The summed E-state index contributed by atoms with van der Waals surface area (Å²) in [7, 11) is 1.66. The summed E-state index contributed by atoms with van der Waals surface area (Å²) in [6, 6.07) is 0.0558. The second-order valence-corrected chi connectivity index (χ2v) is 4.67. The number of hydrogen-bond donors (Lipinski definition) is 1. The highest BCUT2D eigenvalue weighted by molar-refractivity contribution is 5.82. The summed E-state index contributed by atoms with van der Waals surface area (Å²) in [5.74, 6) is 0.338. The Hall–Kier alpha value is -0.610. The van der Waals surface area contributed by atoms with E-state index in [0.717, 1.165) is 19.3 Å². The minimum absolute atomic E-state index is 0.0916. The molecule has 0 aliphatic heterocycles. The van der Waals surface area contributed by atoms with Crippen LogP contribution >= 0.6 is 0 Å². The first-order valence-corrected chi connectivity index (χ1v) is 6.16. The van der Waals surface area contributed by atoms with Crippen molar-refractivity contribution >= 4 is 5.91 Å². The highest BCUT2D eigenvalue weighted by atomic mass is 16.5. The van der Waals surface area contributed by atoms with Crippen LogP contribution in [-0.2, 0) is 9.53 Å². The van der Waals surface area contributed by atoms with Crippen molar-refractivity contribution in [2.24, 2.45) is 11.7 Å². The average Bonchev–Trinajstić information content (AvgIpc) is 3.11. The van der Waals surface area contributed by atoms with Gasteiger partial charge in [-0.25, -0.2) is 0 Å². The Bertz CT molecular complexity index is 229. The van der Waals surface area contributed by atoms with Crippen LogP contribution in [0, 0.1) is 5.92 Å². The first-order valence-electron chi connectivity index (χ1n) is 6.16. The van der Waals surface area contributed by atoms with Crippen LogP contribution in [-0.4, -0.2) is 43.2 Å². The van der Waals surface area contributed by atoms with E-state index in [-0.39, 0.29) is 17.9 Å². The summed E-state index contributed by atoms with van der Waals surface area (Å²) in [4.78, 5) is 14.1. The van der Waals surface area contributed by atoms with Crippen molar-refractivity contribution in [2.75, 3.05) is 20.3 Å². The average molecular weight is 228 g/mol. The lowest BCUT2D eigenvalue weighted by Gasteiger charge is -2.27. The second kappa shape index (κ2) is 6.21. The van der Waals surface area contributed by atoms with Crippen molar-refractivity contribution in [3.63, 3.8) is 0 Å². The zero-order valence-corrected chi connectivity index (χ0v) is 10.6. The molecule has 1 aliphatic rings. The molecule has 1 saturated carbocycles. The Kier molecular flexibility index (Phi) is 5.22. The predicted molar refractivity (Wildman–Crippen MR) is 64.0 cm³/mol. The Balaban J connectivity index is 2.52. The molecule has 1 aliphatic carbocycles. The smallest absolute Gasteiger partial charge is 0.240 e. The van der Waals surface area contributed by atoms with Gasteiger partial charge >= 0.3 is 0 Å². The van der Waals surface area contributed by atoms with E-state index in [0.29, 0.717) is 19.2 Å². The van der Waals surface area contributed by atoms with Crippen LogP contribution in [0.5, 0.6) is 0 Å². The normalized spacial score (nSPS) is 19.2. The van der Waals surface area contributed by atoms with E-state index in [4.69, 9.17) is 10.5 Å². The van der Waals surface area contributed by atoms with Gasteiger partial charge in [0.2, 0.25) is 5.91 Å². The third-order valence-electron chi connectivity index (χ3n) is 3.35. The number of nitrogens with zero attached hydrogens (tertiary/aromatic N) is 1. The number of carbonyl (C=O) groups excluding carboxylic acids is 1. The fraction of sp³-hybridized carbons (Fsp3) is 0.917. The largest absolute Gasteiger partial charge is 0.383 e. The molecule has 1 rings (SSSR count). The lowest BCUT2D eigenvalue weighted by molar-refractivity contribution is -0.135. The number of ether oxygens (including phenoxy) is 1. The summed E-state index contributed by atoms with van der Waals surface area (Å²) in [5.41, 5.74) is 5.98. The Morgan fingerprint density at radius 2 is 2.19 bits per heavy atom. The van der Waals surface area contributed by atoms with Gasteiger partial charge in [-0.1, -0.05) is 20.3 Å². The fourth-order valence-electron chi connectivity index (χ4n) is 1.74. The Labute approximate surface area is 98.1 Å². The summed E-state index contributed by atoms with van der Waals surface area (Å²) < 4.78 is 5.03. The maximum atomic E-state index is 12.2. The molecule has 0 aromatic heterocycles. The SMILES string of the molecule is CCC(C)C(N)C(=O)N(CCOC)C1CC1. The Morgan fingerprint density at radius 3 is 2.62 bits per heavy atom. The van der Waals surface area contributed by atoms with Crippen molar-refractivity contribution in [1.29, 1.82) is 0 Å². The topological polar surface area (TPSA) is 55.6 Å². The molecule has 1 fully saturated rings. The molecule has 1 amide bonds. The molecule has 4 heteroatoms. The molecule has 0 radical (unpaired) electrons. The molecule has 0 bridgehead atoms. The van der Waals surface area contributed by atoms with Crippen molar-refractivity contribution in [2.45, 2.75) is 45.2 Å². The predicted octanol–water partition coefficient (Wildman–Crippen LogP) is 0.997. The van der Waals surface area contributed by atoms with Crippen LogP contribution in [0.2, 0.25) is 0 Å². The molecule has 2 unspecified atom stereocenters. The molecule has 0 spiro atoms. The minimum atomic E-state index is -0.359. The van der Waals surface area contributed by atoms with E-state index < -0.39 is 0 Å². The van der Waals surface area contributed by atoms with Gasteiger partial charge in [-0.3, -0.25) is 4.79 Å². The van der Waals surface area contributed by atoms with Crippen molar-refractivity contribution < 1.29 is 9.53 Å². The number of nitrogens with two attached hydrogens (primary N) is 1. The van der Waals surface area contributed by atoms with Gasteiger partial charge in [-0.15, -0.1) is 0 Å². The highest BCUT2D eigenvalue weighted by Crippen LogP contribution is 2.27. The molecule has 2 N–H and O–H groups in total. The van der Waals surface area contributed by atoms with Gasteiger partial charge in [0.15, 0.2) is 0 Å². The van der Waals surface area contributed by atoms with Crippen LogP contribution in [0.15, 0.2) is 0 Å². The van der Waals surface area contributed by atoms with E-state index in [1.807, 2.05) is 11.8 Å². The molecule has 2 atom stereocenters. The molecule has 0 heterocycles. The van der Waals surface area contributed by atoms with Crippen LogP contribution in [0.25, 0.3) is 0 Å². The van der Waals surface area contributed by atoms with E-state index in [9.17, 15) is 4.79 Å². The number of methoxy groups -OCH3 is 1. The molecule has 94 valence electrons. The maximum Gasteiger partial charge on any atom is 0.240 e. The van der Waals surface area contributed by atoms with E-state index in [1.54, 1.807) is 7.11 Å². The molecular weight excluding hydrogens is 204 g/mol. The van der Waals surface area contributed by atoms with Gasteiger partial charge in [0, 0.05) is 19.7 Å². The zero-order valence-electron chi connectivity index (χ0n) is 10.6. The van der Waals surface area contributed by atoms with Gasteiger partial charge in [0.05, 0.1) is 12.6 Å². The van der Waals surface area contributed by atoms with Crippen molar-refractivity contribution in [3.05, 3.63) is 0 Å². The van der Waals surface area contributed by atoms with E-state index in [2.05, 4.69) is 6.92 Å². The van der Waals surface area contributed by atoms with Crippen LogP contribution < -0.4 is 5.73 Å². The summed E-state index contributed by atoms with van der Waals surface area (Å²) in [6.45, 7) is 5.36. The number of carbonyl (C=O) groups is 1. The van der Waals surface area contributed by atoms with Crippen molar-refractivity contribution in [3.8, 4) is 0 Å². The summed E-state index contributed by atoms with van der Waals surface area (Å²) >= 11 is 0. The molecule has 0 aromatic carbocycles. The van der Waals surface area contributed by atoms with Crippen LogP contribution in [0.1, 0.15) is 33.1 Å². The molecular formula is C12H24N2O2. The number of amides is 1. The zero-order chi connectivity index (χ0) is 12.1. The quantitative estimate of drug-likeness (QED) is 0.707. The van der Waals surface area contributed by atoms with Gasteiger partial charge in [-0.05, 0) is 18.8 Å². The van der Waals surface area contributed by atoms with Crippen LogP contribution in [0.4, 0.5) is 0 Å². The van der Waals surface area contributed by atoms with Gasteiger partial charge in [0.25, 0.3) is 0 Å². The molecule has 0 aromatic rings. The number of hydrogen-bond acceptors (Lipinski definition) is 3. The third-order valence-corrected chi connectivity index (χ3v) is 3.35. The lowest BCUT2D eigenvalue weighted by Crippen LogP contribution is -2.49. The lowest BCUT2D eigenvalue weighted by atomic mass is 9.99. The molecule has 16 heavy (non-hydrogen) atoms.